The van der Waals surface area contributed by atoms with Crippen LogP contribution < -0.4 is 10.1 Å². The first-order valence-corrected chi connectivity index (χ1v) is 6.98. The van der Waals surface area contributed by atoms with Gasteiger partial charge in [0.2, 0.25) is 0 Å². The molecule has 0 atom stereocenters. The van der Waals surface area contributed by atoms with Crippen LogP contribution in [0.1, 0.15) is 17.4 Å². The van der Waals surface area contributed by atoms with Crippen molar-refractivity contribution in [3.8, 4) is 5.75 Å². The summed E-state index contributed by atoms with van der Waals surface area (Å²) >= 11 is 1.11. The highest BCUT2D eigenvalue weighted by Gasteiger charge is 2.15. The Balaban J connectivity index is 1.95. The number of ketones is 1. The zero-order valence-corrected chi connectivity index (χ0v) is 12.3. The summed E-state index contributed by atoms with van der Waals surface area (Å²) < 4.78 is 5.14. The monoisotopic (exact) mass is 321 g/mol. The van der Waals surface area contributed by atoms with Gasteiger partial charge in [-0.2, -0.15) is 0 Å². The number of aromatic nitrogens is 1. The van der Waals surface area contributed by atoms with Gasteiger partial charge in [-0.25, -0.2) is 4.98 Å². The number of rotatable bonds is 6. The minimum absolute atomic E-state index is 0.00575. The molecule has 114 valence electrons. The Hall–Kier alpha value is -2.81. The van der Waals surface area contributed by atoms with Gasteiger partial charge in [-0.05, 0) is 6.07 Å². The largest absolute Gasteiger partial charge is 0.477 e. The van der Waals surface area contributed by atoms with E-state index in [0.717, 1.165) is 11.3 Å². The zero-order valence-electron chi connectivity index (χ0n) is 11.4. The first kappa shape index (κ1) is 15.6. The summed E-state index contributed by atoms with van der Waals surface area (Å²) in [5, 5.41) is 15.1. The Morgan fingerprint density at radius 1 is 1.41 bits per heavy atom. The molecule has 0 aliphatic carbocycles. The number of thiazole rings is 1. The number of para-hydroxylation sites is 2. The van der Waals surface area contributed by atoms with Crippen LogP contribution in [0.4, 0.5) is 10.8 Å². The minimum atomic E-state index is -0.590. The second-order valence-electron chi connectivity index (χ2n) is 4.16. The zero-order chi connectivity index (χ0) is 16.1. The van der Waals surface area contributed by atoms with E-state index in [-0.39, 0.29) is 28.0 Å². The first-order chi connectivity index (χ1) is 10.5. The van der Waals surface area contributed by atoms with Crippen LogP contribution in [0.3, 0.4) is 0 Å². The first-order valence-electron chi connectivity index (χ1n) is 6.10. The maximum absolute atomic E-state index is 11.7. The van der Waals surface area contributed by atoms with Gasteiger partial charge in [-0.1, -0.05) is 12.1 Å². The summed E-state index contributed by atoms with van der Waals surface area (Å²) in [4.78, 5) is 37.0. The third-order valence-electron chi connectivity index (χ3n) is 2.53. The van der Waals surface area contributed by atoms with Gasteiger partial charge in [-0.15, -0.1) is 11.3 Å². The highest BCUT2D eigenvalue weighted by Crippen LogP contribution is 2.25. The molecule has 1 N–H and O–H groups in total. The number of amides is 1. The Bertz CT molecular complexity index is 728. The average molecular weight is 321 g/mol. The predicted octanol–water partition coefficient (Wildman–Crippen LogP) is 2.27. The van der Waals surface area contributed by atoms with E-state index in [2.05, 4.69) is 10.3 Å². The minimum Gasteiger partial charge on any atom is -0.477 e. The number of hydrogen-bond donors (Lipinski definition) is 1. The van der Waals surface area contributed by atoms with Crippen molar-refractivity contribution in [2.75, 3.05) is 11.9 Å². The molecular formula is C13H11N3O5S. The van der Waals surface area contributed by atoms with E-state index >= 15 is 0 Å². The number of nitro benzene ring substituents is 1. The van der Waals surface area contributed by atoms with Gasteiger partial charge >= 0.3 is 5.69 Å². The van der Waals surface area contributed by atoms with Crippen molar-refractivity contribution in [1.29, 1.82) is 0 Å². The molecule has 0 aliphatic rings. The van der Waals surface area contributed by atoms with E-state index in [9.17, 15) is 19.7 Å². The van der Waals surface area contributed by atoms with E-state index in [0.29, 0.717) is 0 Å². The van der Waals surface area contributed by atoms with Gasteiger partial charge in [0.1, 0.15) is 5.69 Å². The molecule has 2 rings (SSSR count). The van der Waals surface area contributed by atoms with Crippen molar-refractivity contribution in [2.24, 2.45) is 0 Å². The number of carbonyl (C=O) groups is 2. The maximum Gasteiger partial charge on any atom is 0.310 e. The number of Topliss-reactive ketones (excluding diaryl/α,β-unsaturated/α-hetero) is 1. The standard InChI is InChI=1S/C13H11N3O5S/c1-8(17)9-7-22-13(14-9)15-12(18)6-21-11-5-3-2-4-10(11)16(19)20/h2-5,7H,6H2,1H3,(H,14,15,18). The number of nitro groups is 1. The molecule has 0 unspecified atom stereocenters. The Morgan fingerprint density at radius 2 is 2.14 bits per heavy atom. The third kappa shape index (κ3) is 3.85. The highest BCUT2D eigenvalue weighted by atomic mass is 32.1. The molecule has 0 radical (unpaired) electrons. The summed E-state index contributed by atoms with van der Waals surface area (Å²) in [6, 6.07) is 5.76. The summed E-state index contributed by atoms with van der Waals surface area (Å²) in [5.74, 6) is -0.721. The number of anilines is 1. The number of nitrogens with one attached hydrogen (secondary N) is 1. The number of nitrogens with zero attached hydrogens (tertiary/aromatic N) is 2. The molecule has 9 heteroatoms. The van der Waals surface area contributed by atoms with Gasteiger partial charge in [0.25, 0.3) is 5.91 Å². The molecular weight excluding hydrogens is 310 g/mol. The molecule has 1 amide bonds. The van der Waals surface area contributed by atoms with Crippen LogP contribution in [0.2, 0.25) is 0 Å². The molecule has 0 aliphatic heterocycles. The van der Waals surface area contributed by atoms with E-state index in [1.807, 2.05) is 0 Å². The van der Waals surface area contributed by atoms with Crippen molar-refractivity contribution in [3.05, 3.63) is 45.5 Å². The lowest BCUT2D eigenvalue weighted by Crippen LogP contribution is -2.20. The summed E-state index contributed by atoms with van der Waals surface area (Å²) in [6.07, 6.45) is 0. The Morgan fingerprint density at radius 3 is 2.77 bits per heavy atom. The third-order valence-corrected chi connectivity index (χ3v) is 3.29. The molecule has 2 aromatic rings. The topological polar surface area (TPSA) is 111 Å². The molecule has 1 aromatic carbocycles. The van der Waals surface area contributed by atoms with Crippen molar-refractivity contribution in [3.63, 3.8) is 0 Å². The van der Waals surface area contributed by atoms with Crippen molar-refractivity contribution < 1.29 is 19.2 Å². The van der Waals surface area contributed by atoms with Crippen LogP contribution >= 0.6 is 11.3 Å². The molecule has 1 aromatic heterocycles. The van der Waals surface area contributed by atoms with E-state index in [4.69, 9.17) is 4.74 Å². The molecule has 8 nitrogen and oxygen atoms in total. The number of benzene rings is 1. The Labute approximate surface area is 128 Å². The SMILES string of the molecule is CC(=O)c1csc(NC(=O)COc2ccccc2[N+](=O)[O-])n1. The molecule has 0 saturated carbocycles. The Kier molecular flexibility index (Phi) is 4.79. The van der Waals surface area contributed by atoms with E-state index < -0.39 is 17.4 Å². The lowest BCUT2D eigenvalue weighted by Gasteiger charge is -2.06. The summed E-state index contributed by atoms with van der Waals surface area (Å²) in [6.45, 7) is 0.970. The summed E-state index contributed by atoms with van der Waals surface area (Å²) in [7, 11) is 0. The predicted molar refractivity (Wildman–Crippen MR) is 79.3 cm³/mol. The fourth-order valence-corrected chi connectivity index (χ4v) is 2.29. The van der Waals surface area contributed by atoms with Gasteiger partial charge in [0.15, 0.2) is 23.3 Å². The molecule has 0 spiro atoms. The normalized spacial score (nSPS) is 10.0. The van der Waals surface area contributed by atoms with Crippen molar-refractivity contribution in [1.82, 2.24) is 4.98 Å². The van der Waals surface area contributed by atoms with Gasteiger partial charge in [-0.3, -0.25) is 25.0 Å². The van der Waals surface area contributed by atoms with Crippen LogP contribution in [0.5, 0.6) is 5.75 Å². The molecule has 22 heavy (non-hydrogen) atoms. The lowest BCUT2D eigenvalue weighted by atomic mass is 10.3. The van der Waals surface area contributed by atoms with E-state index in [1.165, 1.54) is 30.5 Å². The van der Waals surface area contributed by atoms with Crippen LogP contribution in [0, 0.1) is 10.1 Å². The second-order valence-corrected chi connectivity index (χ2v) is 5.01. The van der Waals surface area contributed by atoms with Gasteiger partial charge in [0.05, 0.1) is 4.92 Å². The lowest BCUT2D eigenvalue weighted by molar-refractivity contribution is -0.385. The molecule has 1 heterocycles. The number of ether oxygens (including phenoxy) is 1. The van der Waals surface area contributed by atoms with Gasteiger partial charge < -0.3 is 4.74 Å². The van der Waals surface area contributed by atoms with E-state index in [1.54, 1.807) is 6.07 Å². The highest BCUT2D eigenvalue weighted by molar-refractivity contribution is 7.14. The smallest absolute Gasteiger partial charge is 0.310 e. The summed E-state index contributed by atoms with van der Waals surface area (Å²) in [5.41, 5.74) is 0.0448. The average Bonchev–Trinajstić information content (AvgIpc) is 2.94. The van der Waals surface area contributed by atoms with Crippen LogP contribution in [0.15, 0.2) is 29.6 Å². The quantitative estimate of drug-likeness (QED) is 0.496. The molecule has 0 fully saturated rings. The maximum atomic E-state index is 11.7. The van der Waals surface area contributed by atoms with Crippen LogP contribution in [0.25, 0.3) is 0 Å². The van der Waals surface area contributed by atoms with Crippen LogP contribution in [-0.2, 0) is 4.79 Å². The second kappa shape index (κ2) is 6.76. The van der Waals surface area contributed by atoms with Gasteiger partial charge in [0, 0.05) is 18.4 Å². The number of carbonyl (C=O) groups excluding carboxylic acids is 2. The van der Waals surface area contributed by atoms with Crippen molar-refractivity contribution in [2.45, 2.75) is 6.92 Å². The fourth-order valence-electron chi connectivity index (χ4n) is 1.52. The van der Waals surface area contributed by atoms with Crippen LogP contribution in [-0.4, -0.2) is 28.2 Å². The molecule has 0 bridgehead atoms. The van der Waals surface area contributed by atoms with Crippen molar-refractivity contribution >= 4 is 33.8 Å². The fraction of sp³-hybridized carbons (Fsp3) is 0.154. The number of hydrogen-bond acceptors (Lipinski definition) is 7. The molecule has 0 saturated heterocycles.